The van der Waals surface area contributed by atoms with Crippen molar-refractivity contribution in [2.75, 3.05) is 0 Å². The number of imidazole rings is 1. The molecule has 0 saturated heterocycles. The van der Waals surface area contributed by atoms with E-state index in [2.05, 4.69) is 16.0 Å². The van der Waals surface area contributed by atoms with Crippen molar-refractivity contribution in [1.29, 1.82) is 0 Å². The van der Waals surface area contributed by atoms with Gasteiger partial charge < -0.3 is 10.3 Å². The van der Waals surface area contributed by atoms with Gasteiger partial charge in [-0.1, -0.05) is 7.43 Å². The molecule has 3 aromatic rings. The molecule has 1 aliphatic carbocycles. The lowest BCUT2D eigenvalue weighted by molar-refractivity contribution is 0.391. The average Bonchev–Trinajstić information content (AvgIpc) is 3.40. The first-order valence-corrected chi connectivity index (χ1v) is 8.76. The Labute approximate surface area is 155 Å². The third kappa shape index (κ3) is 2.90. The van der Waals surface area contributed by atoms with Crippen molar-refractivity contribution < 1.29 is 13.2 Å². The summed E-state index contributed by atoms with van der Waals surface area (Å²) >= 11 is 0. The number of fused-ring (bicyclic) bond motifs is 3. The molecule has 7 heteroatoms. The molecule has 2 aliphatic rings. The fourth-order valence-corrected chi connectivity index (χ4v) is 3.90. The number of benzene rings is 1. The van der Waals surface area contributed by atoms with E-state index in [1.807, 2.05) is 4.57 Å². The fraction of sp³-hybridized carbons (Fsp3) is 0.400. The zero-order valence-corrected chi connectivity index (χ0v) is 13.9. The molecule has 3 heterocycles. The summed E-state index contributed by atoms with van der Waals surface area (Å²) in [4.78, 5) is 9.09. The quantitative estimate of drug-likeness (QED) is 0.689. The first-order chi connectivity index (χ1) is 12.5. The van der Waals surface area contributed by atoms with E-state index in [1.165, 1.54) is 0 Å². The van der Waals surface area contributed by atoms with Crippen molar-refractivity contribution in [1.82, 2.24) is 14.5 Å². The number of nitrogens with zero attached hydrogens (tertiary/aromatic N) is 3. The Hall–Kier alpha value is -2.41. The highest BCUT2D eigenvalue weighted by atomic mass is 19.2. The summed E-state index contributed by atoms with van der Waals surface area (Å²) in [5.74, 6) is -2.18. The minimum Gasteiger partial charge on any atom is -0.326 e. The molecule has 1 fully saturated rings. The van der Waals surface area contributed by atoms with Crippen LogP contribution in [0.5, 0.6) is 0 Å². The van der Waals surface area contributed by atoms with E-state index in [0.717, 1.165) is 41.5 Å². The Kier molecular flexibility index (Phi) is 4.22. The largest absolute Gasteiger partial charge is 0.326 e. The highest BCUT2D eigenvalue weighted by Crippen LogP contribution is 2.40. The Bertz CT molecular complexity index is 1030. The van der Waals surface area contributed by atoms with E-state index in [1.54, 1.807) is 6.20 Å². The van der Waals surface area contributed by atoms with Crippen LogP contribution in [0.4, 0.5) is 13.2 Å². The number of hydrogen-bond acceptors (Lipinski definition) is 3. The van der Waals surface area contributed by atoms with E-state index >= 15 is 0 Å². The normalized spacial score (nSPS) is 21.8. The molecule has 2 atom stereocenters. The van der Waals surface area contributed by atoms with Gasteiger partial charge in [-0.25, -0.2) is 18.2 Å². The molecule has 27 heavy (non-hydrogen) atoms. The van der Waals surface area contributed by atoms with Gasteiger partial charge in [0.05, 0.1) is 11.7 Å². The van der Waals surface area contributed by atoms with Gasteiger partial charge >= 0.3 is 0 Å². The van der Waals surface area contributed by atoms with Gasteiger partial charge in [-0.05, 0) is 30.5 Å². The van der Waals surface area contributed by atoms with Crippen molar-refractivity contribution in [2.24, 2.45) is 5.73 Å². The second kappa shape index (κ2) is 6.34. The van der Waals surface area contributed by atoms with E-state index in [4.69, 9.17) is 5.73 Å². The highest BCUT2D eigenvalue weighted by Gasteiger charge is 2.33. The lowest BCUT2D eigenvalue weighted by atomic mass is 9.86. The van der Waals surface area contributed by atoms with Gasteiger partial charge in [0.25, 0.3) is 0 Å². The van der Waals surface area contributed by atoms with Crippen LogP contribution in [0.1, 0.15) is 49.2 Å². The minimum atomic E-state index is -1.19. The number of halogens is 3. The zero-order valence-electron chi connectivity index (χ0n) is 13.9. The highest BCUT2D eigenvalue weighted by molar-refractivity contribution is 5.76. The van der Waals surface area contributed by atoms with Gasteiger partial charge in [-0.15, -0.1) is 0 Å². The van der Waals surface area contributed by atoms with Crippen LogP contribution in [-0.4, -0.2) is 20.6 Å². The molecule has 142 valence electrons. The van der Waals surface area contributed by atoms with Crippen LogP contribution in [0.25, 0.3) is 11.0 Å². The van der Waals surface area contributed by atoms with Crippen molar-refractivity contribution in [3.05, 3.63) is 58.9 Å². The van der Waals surface area contributed by atoms with Gasteiger partial charge in [0.1, 0.15) is 17.2 Å². The SMILES string of the molecule is C.N[C@H]1Cn2c(nc3cnc(C4CC4)cc32)CC1c1cc(F)c(F)cc1F. The Morgan fingerprint density at radius 1 is 1.04 bits per heavy atom. The maximum Gasteiger partial charge on any atom is 0.161 e. The Balaban J connectivity index is 0.00000180. The van der Waals surface area contributed by atoms with Crippen LogP contribution in [0.15, 0.2) is 24.4 Å². The molecule has 1 saturated carbocycles. The predicted octanol–water partition coefficient (Wildman–Crippen LogP) is 4.03. The number of pyridine rings is 1. The molecule has 0 bridgehead atoms. The van der Waals surface area contributed by atoms with Gasteiger partial charge in [-0.3, -0.25) is 4.98 Å². The van der Waals surface area contributed by atoms with Crippen LogP contribution < -0.4 is 5.73 Å². The van der Waals surface area contributed by atoms with E-state index in [0.29, 0.717) is 24.9 Å². The first kappa shape index (κ1) is 18.0. The summed E-state index contributed by atoms with van der Waals surface area (Å²) in [7, 11) is 0. The minimum absolute atomic E-state index is 0. The number of aromatic nitrogens is 3. The monoisotopic (exact) mass is 374 g/mol. The molecule has 1 aliphatic heterocycles. The van der Waals surface area contributed by atoms with E-state index < -0.39 is 29.4 Å². The van der Waals surface area contributed by atoms with Crippen molar-refractivity contribution in [2.45, 2.75) is 51.1 Å². The molecular weight excluding hydrogens is 353 g/mol. The van der Waals surface area contributed by atoms with Crippen LogP contribution in [-0.2, 0) is 13.0 Å². The van der Waals surface area contributed by atoms with Crippen LogP contribution in [0.3, 0.4) is 0 Å². The van der Waals surface area contributed by atoms with Gasteiger partial charge in [0.2, 0.25) is 0 Å². The zero-order chi connectivity index (χ0) is 18.0. The maximum absolute atomic E-state index is 14.2. The van der Waals surface area contributed by atoms with Crippen LogP contribution in [0.2, 0.25) is 0 Å². The summed E-state index contributed by atoms with van der Waals surface area (Å²) in [6.45, 7) is 0.447. The maximum atomic E-state index is 14.2. The van der Waals surface area contributed by atoms with Crippen molar-refractivity contribution in [3.8, 4) is 0 Å². The summed E-state index contributed by atoms with van der Waals surface area (Å²) in [5, 5.41) is 0. The predicted molar refractivity (Wildman–Crippen MR) is 97.0 cm³/mol. The lowest BCUT2D eigenvalue weighted by Gasteiger charge is -2.30. The Morgan fingerprint density at radius 3 is 2.52 bits per heavy atom. The van der Waals surface area contributed by atoms with Crippen molar-refractivity contribution in [3.63, 3.8) is 0 Å². The molecular formula is C20H21F3N4. The number of nitrogens with two attached hydrogens (primary N) is 1. The standard InChI is InChI=1S/C19H17F3N4.CH4/c20-12-5-14(22)13(21)3-10(12)11-4-19-25-17-7-24-16(9-1-2-9)6-18(17)26(19)8-15(11)23;/h3,5-7,9,11,15H,1-2,4,8,23H2;1H4/t11?,15-;/m0./s1. The molecule has 5 rings (SSSR count). The van der Waals surface area contributed by atoms with Gasteiger partial charge in [0, 0.05) is 42.6 Å². The lowest BCUT2D eigenvalue weighted by Crippen LogP contribution is -2.39. The average molecular weight is 374 g/mol. The number of hydrogen-bond donors (Lipinski definition) is 1. The summed E-state index contributed by atoms with van der Waals surface area (Å²) in [6.07, 6.45) is 4.47. The third-order valence-electron chi connectivity index (χ3n) is 5.48. The molecule has 0 radical (unpaired) electrons. The molecule has 1 aromatic carbocycles. The molecule has 0 spiro atoms. The van der Waals surface area contributed by atoms with Crippen LogP contribution in [0, 0.1) is 17.5 Å². The topological polar surface area (TPSA) is 56.7 Å². The summed E-state index contributed by atoms with van der Waals surface area (Å²) in [5.41, 5.74) is 9.23. The smallest absolute Gasteiger partial charge is 0.161 e. The van der Waals surface area contributed by atoms with Crippen molar-refractivity contribution >= 4 is 11.0 Å². The number of rotatable bonds is 2. The molecule has 4 nitrogen and oxygen atoms in total. The van der Waals surface area contributed by atoms with Gasteiger partial charge in [0.15, 0.2) is 11.6 Å². The molecule has 0 amide bonds. The first-order valence-electron chi connectivity index (χ1n) is 8.76. The van der Waals surface area contributed by atoms with E-state index in [-0.39, 0.29) is 13.0 Å². The fourth-order valence-electron chi connectivity index (χ4n) is 3.90. The molecule has 2 N–H and O–H groups in total. The summed E-state index contributed by atoms with van der Waals surface area (Å²) in [6, 6.07) is 3.15. The second-order valence-electron chi connectivity index (χ2n) is 7.27. The van der Waals surface area contributed by atoms with Crippen LogP contribution >= 0.6 is 0 Å². The summed E-state index contributed by atoms with van der Waals surface area (Å²) < 4.78 is 43.1. The second-order valence-corrected chi connectivity index (χ2v) is 7.27. The molecule has 1 unspecified atom stereocenters. The Morgan fingerprint density at radius 2 is 1.78 bits per heavy atom. The van der Waals surface area contributed by atoms with Gasteiger partial charge in [-0.2, -0.15) is 0 Å². The third-order valence-corrected chi connectivity index (χ3v) is 5.48. The molecule has 2 aromatic heterocycles. The van der Waals surface area contributed by atoms with E-state index in [9.17, 15) is 13.2 Å².